The number of H-pyrrole nitrogens is 1. The Morgan fingerprint density at radius 1 is 1.20 bits per heavy atom. The monoisotopic (exact) mass is 272 g/mol. The van der Waals surface area contributed by atoms with Crippen molar-refractivity contribution in [2.24, 2.45) is 5.73 Å². The van der Waals surface area contributed by atoms with Gasteiger partial charge in [0.25, 0.3) is 0 Å². The molecule has 0 aliphatic rings. The molecule has 0 fully saturated rings. The summed E-state index contributed by atoms with van der Waals surface area (Å²) in [6, 6.07) is 11.5. The Morgan fingerprint density at radius 3 is 2.65 bits per heavy atom. The summed E-state index contributed by atoms with van der Waals surface area (Å²) in [4.78, 5) is 22.2. The molecule has 20 heavy (non-hydrogen) atoms. The zero-order valence-corrected chi connectivity index (χ0v) is 10.9. The van der Waals surface area contributed by atoms with Gasteiger partial charge in [-0.2, -0.15) is 5.10 Å². The van der Waals surface area contributed by atoms with Crippen molar-refractivity contribution in [2.45, 2.75) is 19.3 Å². The lowest BCUT2D eigenvalue weighted by Gasteiger charge is -2.00. The number of hydrogen-bond acceptors (Lipinski definition) is 3. The molecule has 6 nitrogen and oxygen atoms in total. The predicted molar refractivity (Wildman–Crippen MR) is 75.7 cm³/mol. The van der Waals surface area contributed by atoms with Gasteiger partial charge in [0, 0.05) is 18.9 Å². The van der Waals surface area contributed by atoms with Crippen LogP contribution in [0.1, 0.15) is 19.3 Å². The van der Waals surface area contributed by atoms with Crippen LogP contribution in [0.4, 0.5) is 5.82 Å². The first-order valence-corrected chi connectivity index (χ1v) is 6.34. The Bertz CT molecular complexity index is 592. The maximum absolute atomic E-state index is 11.6. The fraction of sp³-hybridized carbons (Fsp3) is 0.214. The number of carbonyl (C=O) groups is 2. The van der Waals surface area contributed by atoms with Gasteiger partial charge in [-0.3, -0.25) is 14.7 Å². The van der Waals surface area contributed by atoms with E-state index in [1.807, 2.05) is 30.3 Å². The number of amides is 2. The average molecular weight is 272 g/mol. The van der Waals surface area contributed by atoms with Crippen molar-refractivity contribution in [1.29, 1.82) is 0 Å². The number of aromatic amines is 1. The van der Waals surface area contributed by atoms with Gasteiger partial charge in [-0.25, -0.2) is 0 Å². The number of nitrogens with one attached hydrogen (secondary N) is 2. The number of anilines is 1. The summed E-state index contributed by atoms with van der Waals surface area (Å²) in [6.07, 6.45) is 0.900. The third kappa shape index (κ3) is 3.94. The molecule has 0 unspecified atom stereocenters. The van der Waals surface area contributed by atoms with E-state index in [9.17, 15) is 9.59 Å². The van der Waals surface area contributed by atoms with Gasteiger partial charge < -0.3 is 11.1 Å². The highest BCUT2D eigenvalue weighted by Gasteiger charge is 2.07. The van der Waals surface area contributed by atoms with Crippen molar-refractivity contribution < 1.29 is 9.59 Å². The molecule has 0 atom stereocenters. The van der Waals surface area contributed by atoms with E-state index < -0.39 is 5.91 Å². The molecular weight excluding hydrogens is 256 g/mol. The molecule has 2 amide bonds. The van der Waals surface area contributed by atoms with Gasteiger partial charge in [0.1, 0.15) is 0 Å². The second-order valence-electron chi connectivity index (χ2n) is 4.40. The van der Waals surface area contributed by atoms with Gasteiger partial charge >= 0.3 is 0 Å². The van der Waals surface area contributed by atoms with Crippen LogP contribution in [-0.2, 0) is 9.59 Å². The first kappa shape index (κ1) is 13.8. The van der Waals surface area contributed by atoms with Crippen LogP contribution in [0.15, 0.2) is 36.4 Å². The van der Waals surface area contributed by atoms with E-state index in [4.69, 9.17) is 5.73 Å². The molecule has 0 saturated carbocycles. The molecule has 1 heterocycles. The Labute approximate surface area is 116 Å². The number of benzene rings is 1. The van der Waals surface area contributed by atoms with Gasteiger partial charge in [0.2, 0.25) is 11.8 Å². The van der Waals surface area contributed by atoms with Crippen LogP contribution < -0.4 is 11.1 Å². The number of primary amides is 1. The molecule has 104 valence electrons. The van der Waals surface area contributed by atoms with Crippen molar-refractivity contribution in [3.63, 3.8) is 0 Å². The quantitative estimate of drug-likeness (QED) is 0.745. The minimum absolute atomic E-state index is 0.183. The molecule has 0 aliphatic carbocycles. The summed E-state index contributed by atoms with van der Waals surface area (Å²) >= 11 is 0. The van der Waals surface area contributed by atoms with Crippen molar-refractivity contribution in [2.75, 3.05) is 5.32 Å². The SMILES string of the molecule is NC(=O)CCCC(=O)Nc1cc(-c2ccccc2)[nH]n1. The third-order valence-electron chi connectivity index (χ3n) is 2.76. The molecule has 0 bridgehead atoms. The summed E-state index contributed by atoms with van der Waals surface area (Å²) in [7, 11) is 0. The number of rotatable bonds is 6. The summed E-state index contributed by atoms with van der Waals surface area (Å²) < 4.78 is 0. The zero-order valence-electron chi connectivity index (χ0n) is 10.9. The molecule has 4 N–H and O–H groups in total. The first-order valence-electron chi connectivity index (χ1n) is 6.34. The van der Waals surface area contributed by atoms with Crippen LogP contribution in [0.25, 0.3) is 11.3 Å². The summed E-state index contributed by atoms with van der Waals surface area (Å²) in [5.41, 5.74) is 6.84. The molecule has 0 spiro atoms. The second kappa shape index (κ2) is 6.51. The van der Waals surface area contributed by atoms with E-state index >= 15 is 0 Å². The molecule has 2 rings (SSSR count). The number of aromatic nitrogens is 2. The topological polar surface area (TPSA) is 101 Å². The molecule has 0 aliphatic heterocycles. The standard InChI is InChI=1S/C14H16N4O2/c15-12(19)7-4-8-14(20)16-13-9-11(17-18-13)10-5-2-1-3-6-10/h1-3,5-6,9H,4,7-8H2,(H2,15,19)(H2,16,17,18,20). The minimum Gasteiger partial charge on any atom is -0.370 e. The summed E-state index contributed by atoms with van der Waals surface area (Å²) in [5.74, 6) is -0.116. The van der Waals surface area contributed by atoms with E-state index in [-0.39, 0.29) is 18.7 Å². The second-order valence-corrected chi connectivity index (χ2v) is 4.40. The molecule has 0 saturated heterocycles. The van der Waals surface area contributed by atoms with Crippen LogP contribution in [0.5, 0.6) is 0 Å². The van der Waals surface area contributed by atoms with Crippen LogP contribution in [0, 0.1) is 0 Å². The lowest BCUT2D eigenvalue weighted by Crippen LogP contribution is -2.14. The molecule has 0 radical (unpaired) electrons. The van der Waals surface area contributed by atoms with Crippen molar-refractivity contribution in [1.82, 2.24) is 10.2 Å². The van der Waals surface area contributed by atoms with Crippen molar-refractivity contribution in [3.8, 4) is 11.3 Å². The highest BCUT2D eigenvalue weighted by atomic mass is 16.2. The van der Waals surface area contributed by atoms with E-state index in [2.05, 4.69) is 15.5 Å². The Kier molecular flexibility index (Phi) is 4.49. The van der Waals surface area contributed by atoms with Crippen molar-refractivity contribution in [3.05, 3.63) is 36.4 Å². The average Bonchev–Trinajstić information content (AvgIpc) is 2.88. The van der Waals surface area contributed by atoms with Gasteiger partial charge in [-0.05, 0) is 12.0 Å². The van der Waals surface area contributed by atoms with Crippen molar-refractivity contribution >= 4 is 17.6 Å². The predicted octanol–water partition coefficient (Wildman–Crippen LogP) is 1.67. The smallest absolute Gasteiger partial charge is 0.225 e. The van der Waals surface area contributed by atoms with Gasteiger partial charge in [0.05, 0.1) is 5.69 Å². The number of hydrogen-bond donors (Lipinski definition) is 3. The highest BCUT2D eigenvalue weighted by molar-refractivity contribution is 5.90. The lowest BCUT2D eigenvalue weighted by atomic mass is 10.1. The molecule has 1 aromatic carbocycles. The molecule has 2 aromatic rings. The fourth-order valence-electron chi connectivity index (χ4n) is 1.78. The fourth-order valence-corrected chi connectivity index (χ4v) is 1.78. The Hall–Kier alpha value is -2.63. The lowest BCUT2D eigenvalue weighted by molar-refractivity contribution is -0.118. The van der Waals surface area contributed by atoms with Gasteiger partial charge in [0.15, 0.2) is 5.82 Å². The van der Waals surface area contributed by atoms with Gasteiger partial charge in [-0.1, -0.05) is 30.3 Å². The number of nitrogens with two attached hydrogens (primary N) is 1. The molecule has 6 heteroatoms. The van der Waals surface area contributed by atoms with E-state index in [0.29, 0.717) is 12.2 Å². The molecule has 1 aromatic heterocycles. The minimum atomic E-state index is -0.399. The van der Waals surface area contributed by atoms with Crippen LogP contribution in [0.2, 0.25) is 0 Å². The maximum atomic E-state index is 11.6. The van der Waals surface area contributed by atoms with E-state index in [1.165, 1.54) is 0 Å². The largest absolute Gasteiger partial charge is 0.370 e. The number of carbonyl (C=O) groups excluding carboxylic acids is 2. The highest BCUT2D eigenvalue weighted by Crippen LogP contribution is 2.19. The zero-order chi connectivity index (χ0) is 14.4. The van der Waals surface area contributed by atoms with E-state index in [0.717, 1.165) is 11.3 Å². The summed E-state index contributed by atoms with van der Waals surface area (Å²) in [6.45, 7) is 0. The Morgan fingerprint density at radius 2 is 1.95 bits per heavy atom. The Balaban J connectivity index is 1.90. The number of nitrogens with zero attached hydrogens (tertiary/aromatic N) is 1. The summed E-state index contributed by atoms with van der Waals surface area (Å²) in [5, 5.41) is 9.56. The maximum Gasteiger partial charge on any atom is 0.225 e. The van der Waals surface area contributed by atoms with Crippen LogP contribution in [-0.4, -0.2) is 22.0 Å². The van der Waals surface area contributed by atoms with E-state index in [1.54, 1.807) is 6.07 Å². The third-order valence-corrected chi connectivity index (χ3v) is 2.76. The normalized spacial score (nSPS) is 10.2. The van der Waals surface area contributed by atoms with Crippen LogP contribution in [0.3, 0.4) is 0 Å². The first-order chi connectivity index (χ1) is 9.65. The van der Waals surface area contributed by atoms with Crippen LogP contribution >= 0.6 is 0 Å². The van der Waals surface area contributed by atoms with Gasteiger partial charge in [-0.15, -0.1) is 0 Å². The molecular formula is C14H16N4O2.